The third-order valence-electron chi connectivity index (χ3n) is 6.88. The largest absolute Gasteiger partial charge is 0.322 e. The van der Waals surface area contributed by atoms with Crippen molar-refractivity contribution in [3.8, 4) is 0 Å². The maximum atomic E-state index is 13.3. The van der Waals surface area contributed by atoms with Crippen molar-refractivity contribution in [1.29, 1.82) is 0 Å². The molecule has 0 spiro atoms. The number of nitrogens with zero attached hydrogens (tertiary/aromatic N) is 2. The molecule has 1 N–H and O–H groups in total. The van der Waals surface area contributed by atoms with Crippen LogP contribution in [0.3, 0.4) is 0 Å². The number of benzene rings is 1. The summed E-state index contributed by atoms with van der Waals surface area (Å²) in [6.07, 6.45) is 8.69. The van der Waals surface area contributed by atoms with Crippen LogP contribution in [0.4, 0.5) is 10.5 Å². The molecular weight excluding hydrogens is 402 g/mol. The Morgan fingerprint density at radius 3 is 2.67 bits per heavy atom. The molecule has 0 aliphatic carbocycles. The van der Waals surface area contributed by atoms with Gasteiger partial charge in [-0.2, -0.15) is 0 Å². The third-order valence-corrected chi connectivity index (χ3v) is 7.41. The van der Waals surface area contributed by atoms with Gasteiger partial charge in [-0.3, -0.25) is 4.90 Å². The summed E-state index contributed by atoms with van der Waals surface area (Å²) >= 11 is 3.47. The minimum absolute atomic E-state index is 0.0968. The van der Waals surface area contributed by atoms with Crippen molar-refractivity contribution in [3.63, 3.8) is 0 Å². The number of halogens is 1. The Labute approximate surface area is 171 Å². The molecule has 5 heteroatoms. The van der Waals surface area contributed by atoms with Gasteiger partial charge in [0.25, 0.3) is 0 Å². The van der Waals surface area contributed by atoms with Crippen LogP contribution in [0.2, 0.25) is 0 Å². The monoisotopic (exact) mass is 433 g/mol. The zero-order valence-electron chi connectivity index (χ0n) is 16.4. The first-order chi connectivity index (χ1) is 13.2. The second-order valence-corrected chi connectivity index (χ2v) is 9.45. The van der Waals surface area contributed by atoms with Gasteiger partial charge < -0.3 is 10.2 Å². The maximum Gasteiger partial charge on any atom is 0.322 e. The molecule has 4 atom stereocenters. The molecule has 3 heterocycles. The summed E-state index contributed by atoms with van der Waals surface area (Å²) < 4.78 is 1.03. The van der Waals surface area contributed by atoms with Crippen LogP contribution < -0.4 is 5.32 Å². The van der Waals surface area contributed by atoms with E-state index in [2.05, 4.69) is 38.0 Å². The summed E-state index contributed by atoms with van der Waals surface area (Å²) in [6.45, 7) is 5.71. The summed E-state index contributed by atoms with van der Waals surface area (Å²) in [6, 6.07) is 9.11. The van der Waals surface area contributed by atoms with Crippen molar-refractivity contribution in [1.82, 2.24) is 9.80 Å². The van der Waals surface area contributed by atoms with Crippen molar-refractivity contribution in [2.24, 2.45) is 11.8 Å². The molecule has 0 saturated carbocycles. The second-order valence-electron chi connectivity index (χ2n) is 8.53. The zero-order chi connectivity index (χ0) is 18.8. The molecule has 1 aromatic rings. The Balaban J connectivity index is 1.55. The number of hydrogen-bond acceptors (Lipinski definition) is 2. The average Bonchev–Trinajstić information content (AvgIpc) is 2.69. The van der Waals surface area contributed by atoms with Crippen molar-refractivity contribution < 1.29 is 4.79 Å². The number of likely N-dealkylation sites (tertiary alicyclic amines) is 1. The lowest BCUT2D eigenvalue weighted by molar-refractivity contribution is -0.0617. The van der Waals surface area contributed by atoms with E-state index < -0.39 is 0 Å². The predicted octanol–water partition coefficient (Wildman–Crippen LogP) is 5.35. The van der Waals surface area contributed by atoms with Crippen LogP contribution in [0.15, 0.2) is 28.7 Å². The van der Waals surface area contributed by atoms with Crippen LogP contribution in [0.25, 0.3) is 0 Å². The van der Waals surface area contributed by atoms with E-state index in [9.17, 15) is 4.79 Å². The number of piperidine rings is 3. The highest BCUT2D eigenvalue weighted by Gasteiger charge is 2.49. The molecule has 1 aromatic carbocycles. The number of unbranched alkanes of at least 4 members (excludes halogenated alkanes) is 1. The van der Waals surface area contributed by atoms with E-state index in [-0.39, 0.29) is 6.03 Å². The van der Waals surface area contributed by atoms with E-state index in [0.717, 1.165) is 23.1 Å². The minimum Gasteiger partial charge on any atom is -0.321 e. The van der Waals surface area contributed by atoms with Gasteiger partial charge in [-0.1, -0.05) is 35.7 Å². The Kier molecular flexibility index (Phi) is 6.08. The third kappa shape index (κ3) is 4.04. The fraction of sp³-hybridized carbons (Fsp3) is 0.682. The number of carbonyl (C=O) groups is 1. The highest BCUT2D eigenvalue weighted by atomic mass is 79.9. The Bertz CT molecular complexity index is 647. The second kappa shape index (κ2) is 8.52. The van der Waals surface area contributed by atoms with Crippen molar-refractivity contribution in [2.75, 3.05) is 25.0 Å². The SMILES string of the molecule is CCCC[C@@H]1[C@H]2CCCN3CCC[C@@H](CN1C(=O)Nc1ccc(Br)cc1)[C@@H]23. The Morgan fingerprint density at radius 2 is 1.93 bits per heavy atom. The number of urea groups is 1. The number of amides is 2. The summed E-state index contributed by atoms with van der Waals surface area (Å²) in [4.78, 5) is 18.2. The molecule has 4 nitrogen and oxygen atoms in total. The molecular formula is C22H32BrN3O. The first kappa shape index (κ1) is 19.3. The highest BCUT2D eigenvalue weighted by molar-refractivity contribution is 9.10. The number of carbonyl (C=O) groups excluding carboxylic acids is 1. The average molecular weight is 434 g/mol. The standard InChI is InChI=1S/C22H32BrN3O/c1-2-3-8-20-19-7-5-14-25-13-4-6-16(21(19)25)15-26(20)22(27)24-18-11-9-17(23)10-12-18/h9-12,16,19-21H,2-8,13-15H2,1H3,(H,24,27)/t16-,19+,20+,21-/m0/s1. The van der Waals surface area contributed by atoms with E-state index in [1.54, 1.807) is 0 Å². The lowest BCUT2D eigenvalue weighted by atomic mass is 9.69. The van der Waals surface area contributed by atoms with Gasteiger partial charge in [0.1, 0.15) is 0 Å². The van der Waals surface area contributed by atoms with Gasteiger partial charge in [0.15, 0.2) is 0 Å². The van der Waals surface area contributed by atoms with Crippen LogP contribution in [-0.4, -0.2) is 47.5 Å². The van der Waals surface area contributed by atoms with Crippen molar-refractivity contribution in [2.45, 2.75) is 64.0 Å². The normalized spacial score (nSPS) is 30.7. The molecule has 0 aromatic heterocycles. The van der Waals surface area contributed by atoms with E-state index in [4.69, 9.17) is 0 Å². The van der Waals surface area contributed by atoms with Crippen molar-refractivity contribution >= 4 is 27.6 Å². The van der Waals surface area contributed by atoms with Gasteiger partial charge in [-0.25, -0.2) is 4.79 Å². The fourth-order valence-corrected chi connectivity index (χ4v) is 6.00. The molecule has 3 aliphatic rings. The summed E-state index contributed by atoms with van der Waals surface area (Å²) in [7, 11) is 0. The van der Waals surface area contributed by atoms with Gasteiger partial charge in [-0.05, 0) is 81.3 Å². The summed E-state index contributed by atoms with van der Waals surface area (Å²) in [5, 5.41) is 3.17. The summed E-state index contributed by atoms with van der Waals surface area (Å²) in [5.41, 5.74) is 0.883. The van der Waals surface area contributed by atoms with Crippen molar-refractivity contribution in [3.05, 3.63) is 28.7 Å². The lowest BCUT2D eigenvalue weighted by Crippen LogP contribution is -2.66. The van der Waals surface area contributed by atoms with Crippen LogP contribution in [0.5, 0.6) is 0 Å². The maximum absolute atomic E-state index is 13.3. The van der Waals surface area contributed by atoms with Crippen LogP contribution >= 0.6 is 15.9 Å². The van der Waals surface area contributed by atoms with Gasteiger partial charge in [0.2, 0.25) is 0 Å². The highest BCUT2D eigenvalue weighted by Crippen LogP contribution is 2.43. The van der Waals surface area contributed by atoms with Gasteiger partial charge >= 0.3 is 6.03 Å². The molecule has 3 saturated heterocycles. The van der Waals surface area contributed by atoms with E-state index >= 15 is 0 Å². The number of hydrogen-bond donors (Lipinski definition) is 1. The van der Waals surface area contributed by atoms with E-state index in [1.807, 2.05) is 24.3 Å². The predicted molar refractivity (Wildman–Crippen MR) is 114 cm³/mol. The molecule has 0 unspecified atom stereocenters. The molecule has 0 bridgehead atoms. The smallest absolute Gasteiger partial charge is 0.321 e. The minimum atomic E-state index is 0.0968. The zero-order valence-corrected chi connectivity index (χ0v) is 18.0. The molecule has 3 aliphatic heterocycles. The first-order valence-electron chi connectivity index (χ1n) is 10.7. The van der Waals surface area contributed by atoms with Crippen LogP contribution in [0.1, 0.15) is 51.9 Å². The molecule has 3 fully saturated rings. The number of anilines is 1. The van der Waals surface area contributed by atoms with Gasteiger partial charge in [0, 0.05) is 28.8 Å². The lowest BCUT2D eigenvalue weighted by Gasteiger charge is -2.57. The molecule has 0 radical (unpaired) electrons. The van der Waals surface area contributed by atoms with Gasteiger partial charge in [0.05, 0.1) is 0 Å². The Hall–Kier alpha value is -1.07. The molecule has 2 amide bonds. The fourth-order valence-electron chi connectivity index (χ4n) is 5.74. The van der Waals surface area contributed by atoms with Crippen LogP contribution in [-0.2, 0) is 0 Å². The van der Waals surface area contributed by atoms with E-state index in [0.29, 0.717) is 23.9 Å². The molecule has 148 valence electrons. The molecule has 4 rings (SSSR count). The number of nitrogens with one attached hydrogen (secondary N) is 1. The number of rotatable bonds is 4. The van der Waals surface area contributed by atoms with Gasteiger partial charge in [-0.15, -0.1) is 0 Å². The topological polar surface area (TPSA) is 35.6 Å². The molecule has 27 heavy (non-hydrogen) atoms. The van der Waals surface area contributed by atoms with Crippen LogP contribution in [0, 0.1) is 11.8 Å². The quantitative estimate of drug-likeness (QED) is 0.694. The van der Waals surface area contributed by atoms with E-state index in [1.165, 1.54) is 51.6 Å². The first-order valence-corrected chi connectivity index (χ1v) is 11.5. The summed E-state index contributed by atoms with van der Waals surface area (Å²) in [5.74, 6) is 1.30. The Morgan fingerprint density at radius 1 is 1.19 bits per heavy atom.